The molecule has 0 saturated carbocycles. The van der Waals surface area contributed by atoms with Gasteiger partial charge in [-0.15, -0.1) is 0 Å². The highest BCUT2D eigenvalue weighted by molar-refractivity contribution is 5.31. The zero-order valence-corrected chi connectivity index (χ0v) is 11.5. The van der Waals surface area contributed by atoms with Gasteiger partial charge in [0.15, 0.2) is 0 Å². The van der Waals surface area contributed by atoms with Crippen molar-refractivity contribution in [2.75, 3.05) is 32.2 Å². The number of aryl methyl sites for hydroxylation is 1. The van der Waals surface area contributed by atoms with Gasteiger partial charge in [0.05, 0.1) is 31.0 Å². The molecule has 2 unspecified atom stereocenters. The van der Waals surface area contributed by atoms with E-state index >= 15 is 0 Å². The molecule has 0 amide bonds. The average Bonchev–Trinajstić information content (AvgIpc) is 2.72. The normalized spacial score (nSPS) is 21.8. The maximum atomic E-state index is 5.48. The Morgan fingerprint density at radius 2 is 2.50 bits per heavy atom. The Kier molecular flexibility index (Phi) is 4.60. The number of nitrogens with one attached hydrogen (secondary N) is 1. The topological polar surface area (TPSA) is 48.3 Å². The van der Waals surface area contributed by atoms with Gasteiger partial charge in [0, 0.05) is 19.9 Å². The predicted octanol–water partition coefficient (Wildman–Crippen LogP) is 1.99. The molecular formula is C13H23N3O2. The molecular weight excluding hydrogens is 230 g/mol. The molecule has 0 bridgehead atoms. The van der Waals surface area contributed by atoms with E-state index in [1.165, 1.54) is 0 Å². The lowest BCUT2D eigenvalue weighted by Crippen LogP contribution is -2.31. The fraction of sp³-hybridized carbons (Fsp3) is 0.769. The summed E-state index contributed by atoms with van der Waals surface area (Å²) in [6, 6.07) is 0.650. The van der Waals surface area contributed by atoms with Gasteiger partial charge in [0.2, 0.25) is 5.95 Å². The molecule has 5 nitrogen and oxygen atoms in total. The van der Waals surface area contributed by atoms with Crippen molar-refractivity contribution in [2.45, 2.75) is 38.8 Å². The van der Waals surface area contributed by atoms with Crippen LogP contribution in [0.3, 0.4) is 0 Å². The first-order valence-corrected chi connectivity index (χ1v) is 6.59. The van der Waals surface area contributed by atoms with Crippen LogP contribution in [0.25, 0.3) is 0 Å². The highest BCUT2D eigenvalue weighted by Crippen LogP contribution is 2.19. The van der Waals surface area contributed by atoms with E-state index in [-0.39, 0.29) is 6.04 Å². The van der Waals surface area contributed by atoms with Crippen molar-refractivity contribution in [3.05, 3.63) is 11.9 Å². The van der Waals surface area contributed by atoms with Crippen molar-refractivity contribution < 1.29 is 9.47 Å². The van der Waals surface area contributed by atoms with E-state index in [1.807, 2.05) is 6.92 Å². The number of hydrogen-bond donors (Lipinski definition) is 1. The largest absolute Gasteiger partial charge is 0.383 e. The molecule has 18 heavy (non-hydrogen) atoms. The summed E-state index contributed by atoms with van der Waals surface area (Å²) in [6.45, 7) is 6.48. The van der Waals surface area contributed by atoms with Crippen molar-refractivity contribution >= 4 is 5.95 Å². The fourth-order valence-corrected chi connectivity index (χ4v) is 2.32. The molecule has 2 rings (SSSR count). The van der Waals surface area contributed by atoms with Crippen LogP contribution in [0.2, 0.25) is 0 Å². The van der Waals surface area contributed by atoms with Crippen molar-refractivity contribution in [2.24, 2.45) is 0 Å². The number of hydrogen-bond acceptors (Lipinski definition) is 4. The van der Waals surface area contributed by atoms with Crippen LogP contribution in [0.15, 0.2) is 6.20 Å². The van der Waals surface area contributed by atoms with Gasteiger partial charge >= 0.3 is 0 Å². The van der Waals surface area contributed by atoms with Crippen LogP contribution in [0.1, 0.15) is 31.5 Å². The van der Waals surface area contributed by atoms with Crippen LogP contribution in [0.4, 0.5) is 5.95 Å². The molecule has 0 aliphatic carbocycles. The first-order chi connectivity index (χ1) is 8.70. The minimum Gasteiger partial charge on any atom is -0.383 e. The highest BCUT2D eigenvalue weighted by Gasteiger charge is 2.18. The quantitative estimate of drug-likeness (QED) is 0.872. The number of nitrogens with zero attached hydrogens (tertiary/aromatic N) is 2. The second-order valence-corrected chi connectivity index (χ2v) is 4.98. The van der Waals surface area contributed by atoms with Gasteiger partial charge in [-0.2, -0.15) is 0 Å². The average molecular weight is 253 g/mol. The number of aromatic nitrogens is 2. The summed E-state index contributed by atoms with van der Waals surface area (Å²) in [4.78, 5) is 4.55. The van der Waals surface area contributed by atoms with E-state index in [1.54, 1.807) is 7.11 Å². The molecule has 0 radical (unpaired) electrons. The van der Waals surface area contributed by atoms with E-state index in [9.17, 15) is 0 Å². The lowest BCUT2D eigenvalue weighted by molar-refractivity contribution is 0.0871. The van der Waals surface area contributed by atoms with Crippen molar-refractivity contribution in [1.29, 1.82) is 0 Å². The van der Waals surface area contributed by atoms with Crippen LogP contribution in [-0.4, -0.2) is 42.5 Å². The van der Waals surface area contributed by atoms with Gasteiger partial charge in [-0.25, -0.2) is 4.98 Å². The van der Waals surface area contributed by atoms with Gasteiger partial charge in [0.25, 0.3) is 0 Å². The Morgan fingerprint density at radius 1 is 1.67 bits per heavy atom. The summed E-state index contributed by atoms with van der Waals surface area (Å²) in [7, 11) is 1.72. The summed E-state index contributed by atoms with van der Waals surface area (Å²) in [5.74, 6) is 0.924. The summed E-state index contributed by atoms with van der Waals surface area (Å²) in [6.07, 6.45) is 4.32. The fourth-order valence-electron chi connectivity index (χ4n) is 2.32. The van der Waals surface area contributed by atoms with E-state index in [4.69, 9.17) is 9.47 Å². The van der Waals surface area contributed by atoms with Crippen molar-refractivity contribution in [3.63, 3.8) is 0 Å². The molecule has 1 fully saturated rings. The van der Waals surface area contributed by atoms with Crippen LogP contribution in [0.5, 0.6) is 0 Å². The number of anilines is 1. The summed E-state index contributed by atoms with van der Waals surface area (Å²) in [5, 5.41) is 3.48. The Labute approximate surface area is 108 Å². The summed E-state index contributed by atoms with van der Waals surface area (Å²) < 4.78 is 12.8. The van der Waals surface area contributed by atoms with Crippen LogP contribution in [0, 0.1) is 6.92 Å². The molecule has 102 valence electrons. The van der Waals surface area contributed by atoms with Gasteiger partial charge in [0.1, 0.15) is 0 Å². The minimum absolute atomic E-state index is 0.281. The van der Waals surface area contributed by atoms with Gasteiger partial charge < -0.3 is 19.4 Å². The molecule has 1 saturated heterocycles. The second-order valence-electron chi connectivity index (χ2n) is 4.98. The third-order valence-corrected chi connectivity index (χ3v) is 3.23. The maximum absolute atomic E-state index is 5.48. The number of methoxy groups -OCH3 is 1. The van der Waals surface area contributed by atoms with Crippen LogP contribution < -0.4 is 5.32 Å². The van der Waals surface area contributed by atoms with E-state index in [0.29, 0.717) is 12.6 Å². The Morgan fingerprint density at radius 3 is 3.17 bits per heavy atom. The molecule has 2 heterocycles. The molecule has 1 N–H and O–H groups in total. The lowest BCUT2D eigenvalue weighted by atomic mass is 10.1. The SMILES string of the molecule is COCC(C)n1cc(C)nc1NC1CCCOC1. The standard InChI is InChI=1S/C13H23N3O2/c1-10-7-16(11(2)8-17-3)13(14-10)15-12-5-4-6-18-9-12/h7,11-12H,4-6,8-9H2,1-3H3,(H,14,15). The number of rotatable bonds is 5. The third-order valence-electron chi connectivity index (χ3n) is 3.23. The summed E-state index contributed by atoms with van der Waals surface area (Å²) >= 11 is 0. The van der Waals surface area contributed by atoms with Gasteiger partial charge in [-0.3, -0.25) is 0 Å². The van der Waals surface area contributed by atoms with Crippen molar-refractivity contribution in [3.8, 4) is 0 Å². The van der Waals surface area contributed by atoms with Crippen molar-refractivity contribution in [1.82, 2.24) is 9.55 Å². The van der Waals surface area contributed by atoms with Crippen LogP contribution in [-0.2, 0) is 9.47 Å². The van der Waals surface area contributed by atoms with Gasteiger partial charge in [-0.1, -0.05) is 0 Å². The van der Waals surface area contributed by atoms with E-state index in [2.05, 4.69) is 28.0 Å². The minimum atomic E-state index is 0.281. The molecule has 1 aliphatic heterocycles. The zero-order valence-electron chi connectivity index (χ0n) is 11.5. The van der Waals surface area contributed by atoms with Gasteiger partial charge in [-0.05, 0) is 26.7 Å². The lowest BCUT2D eigenvalue weighted by Gasteiger charge is -2.25. The number of imidazole rings is 1. The van der Waals surface area contributed by atoms with E-state index in [0.717, 1.165) is 37.7 Å². The predicted molar refractivity (Wildman–Crippen MR) is 71.0 cm³/mol. The van der Waals surface area contributed by atoms with E-state index < -0.39 is 0 Å². The molecule has 0 aromatic carbocycles. The third kappa shape index (κ3) is 3.23. The zero-order chi connectivity index (χ0) is 13.0. The van der Waals surface area contributed by atoms with Crippen LogP contribution >= 0.6 is 0 Å². The Balaban J connectivity index is 2.06. The molecule has 2 atom stereocenters. The second kappa shape index (κ2) is 6.20. The Bertz CT molecular complexity index is 372. The molecule has 5 heteroatoms. The molecule has 1 aliphatic rings. The number of ether oxygens (including phenoxy) is 2. The monoisotopic (exact) mass is 253 g/mol. The smallest absolute Gasteiger partial charge is 0.203 e. The Hall–Kier alpha value is -1.07. The first-order valence-electron chi connectivity index (χ1n) is 6.59. The first kappa shape index (κ1) is 13.4. The highest BCUT2D eigenvalue weighted by atomic mass is 16.5. The summed E-state index contributed by atoms with van der Waals surface area (Å²) in [5.41, 5.74) is 1.03. The molecule has 0 spiro atoms. The molecule has 1 aromatic rings. The molecule has 1 aromatic heterocycles. The maximum Gasteiger partial charge on any atom is 0.203 e.